The van der Waals surface area contributed by atoms with Gasteiger partial charge in [0.05, 0.1) is 13.2 Å². The van der Waals surface area contributed by atoms with Gasteiger partial charge < -0.3 is 15.2 Å². The number of rotatable bonds is 7. The standard InChI is InChI=1S/C17H29NO2/c1-6-18-15(12-19)9-10-20-16-8-7-14(11-13(16)2)17(3,4)5/h7-8,11,15,18-19H,6,9-10,12H2,1-5H3. The number of benzene rings is 1. The lowest BCUT2D eigenvalue weighted by molar-refractivity contribution is 0.210. The summed E-state index contributed by atoms with van der Waals surface area (Å²) in [6.07, 6.45) is 0.810. The van der Waals surface area contributed by atoms with Crippen LogP contribution < -0.4 is 10.1 Å². The molecule has 0 aliphatic rings. The van der Waals surface area contributed by atoms with E-state index in [0.29, 0.717) is 6.61 Å². The topological polar surface area (TPSA) is 41.5 Å². The van der Waals surface area contributed by atoms with Gasteiger partial charge in [-0.3, -0.25) is 0 Å². The Balaban J connectivity index is 2.57. The molecule has 0 fully saturated rings. The number of hydrogen-bond acceptors (Lipinski definition) is 3. The minimum Gasteiger partial charge on any atom is -0.493 e. The molecular weight excluding hydrogens is 250 g/mol. The maximum Gasteiger partial charge on any atom is 0.122 e. The molecule has 1 aromatic rings. The second-order valence-electron chi connectivity index (χ2n) is 6.30. The maximum atomic E-state index is 9.22. The summed E-state index contributed by atoms with van der Waals surface area (Å²) in [5, 5.41) is 12.4. The predicted molar refractivity (Wildman–Crippen MR) is 84.5 cm³/mol. The highest BCUT2D eigenvalue weighted by Crippen LogP contribution is 2.27. The number of aliphatic hydroxyl groups is 1. The lowest BCUT2D eigenvalue weighted by Crippen LogP contribution is -2.33. The van der Waals surface area contributed by atoms with E-state index in [9.17, 15) is 5.11 Å². The van der Waals surface area contributed by atoms with Crippen LogP contribution in [0.5, 0.6) is 5.75 Å². The third-order valence-electron chi connectivity index (χ3n) is 3.48. The van der Waals surface area contributed by atoms with E-state index < -0.39 is 0 Å². The van der Waals surface area contributed by atoms with Crippen LogP contribution in [0, 0.1) is 6.92 Å². The van der Waals surface area contributed by atoms with E-state index in [1.165, 1.54) is 11.1 Å². The fourth-order valence-corrected chi connectivity index (χ4v) is 2.14. The number of hydrogen-bond donors (Lipinski definition) is 2. The van der Waals surface area contributed by atoms with E-state index in [4.69, 9.17) is 4.74 Å². The molecule has 1 rings (SSSR count). The van der Waals surface area contributed by atoms with Gasteiger partial charge in [0.2, 0.25) is 0 Å². The summed E-state index contributed by atoms with van der Waals surface area (Å²) in [7, 11) is 0. The molecule has 1 unspecified atom stereocenters. The highest BCUT2D eigenvalue weighted by atomic mass is 16.5. The SMILES string of the molecule is CCNC(CO)CCOc1ccc(C(C)(C)C)cc1C. The van der Waals surface area contributed by atoms with Crippen LogP contribution in [-0.2, 0) is 5.41 Å². The zero-order valence-corrected chi connectivity index (χ0v) is 13.5. The fraction of sp³-hybridized carbons (Fsp3) is 0.647. The van der Waals surface area contributed by atoms with Crippen molar-refractivity contribution in [2.75, 3.05) is 19.8 Å². The summed E-state index contributed by atoms with van der Waals surface area (Å²) in [5.74, 6) is 0.936. The largest absolute Gasteiger partial charge is 0.493 e. The van der Waals surface area contributed by atoms with Gasteiger partial charge >= 0.3 is 0 Å². The molecule has 0 bridgehead atoms. The summed E-state index contributed by atoms with van der Waals surface area (Å²) >= 11 is 0. The lowest BCUT2D eigenvalue weighted by atomic mass is 9.86. The second kappa shape index (κ2) is 7.65. The van der Waals surface area contributed by atoms with Gasteiger partial charge in [-0.15, -0.1) is 0 Å². The smallest absolute Gasteiger partial charge is 0.122 e. The average Bonchev–Trinajstić information content (AvgIpc) is 2.38. The maximum absolute atomic E-state index is 9.22. The second-order valence-corrected chi connectivity index (χ2v) is 6.30. The molecule has 3 nitrogen and oxygen atoms in total. The summed E-state index contributed by atoms with van der Waals surface area (Å²) in [4.78, 5) is 0. The molecule has 114 valence electrons. The Morgan fingerprint density at radius 3 is 2.50 bits per heavy atom. The first kappa shape index (κ1) is 17.0. The molecule has 20 heavy (non-hydrogen) atoms. The van der Waals surface area contributed by atoms with Gasteiger partial charge in [0.1, 0.15) is 5.75 Å². The number of aliphatic hydroxyl groups excluding tert-OH is 1. The van der Waals surface area contributed by atoms with Crippen molar-refractivity contribution < 1.29 is 9.84 Å². The molecule has 0 aliphatic heterocycles. The highest BCUT2D eigenvalue weighted by Gasteiger charge is 2.15. The van der Waals surface area contributed by atoms with Crippen molar-refractivity contribution in [3.63, 3.8) is 0 Å². The van der Waals surface area contributed by atoms with Crippen LogP contribution in [-0.4, -0.2) is 30.9 Å². The van der Waals surface area contributed by atoms with Crippen molar-refractivity contribution >= 4 is 0 Å². The Kier molecular flexibility index (Phi) is 6.50. The molecule has 1 atom stereocenters. The van der Waals surface area contributed by atoms with Gasteiger partial charge in [-0.1, -0.05) is 39.8 Å². The molecule has 0 radical (unpaired) electrons. The molecule has 0 saturated carbocycles. The van der Waals surface area contributed by atoms with Crippen LogP contribution in [0.15, 0.2) is 18.2 Å². The van der Waals surface area contributed by atoms with Gasteiger partial charge in [-0.05, 0) is 42.5 Å². The highest BCUT2D eigenvalue weighted by molar-refractivity contribution is 5.38. The van der Waals surface area contributed by atoms with Gasteiger partial charge in [0.25, 0.3) is 0 Å². The van der Waals surface area contributed by atoms with Crippen molar-refractivity contribution in [2.45, 2.75) is 52.5 Å². The Morgan fingerprint density at radius 1 is 1.30 bits per heavy atom. The van der Waals surface area contributed by atoms with Crippen LogP contribution in [0.2, 0.25) is 0 Å². The minimum absolute atomic E-state index is 0.120. The van der Waals surface area contributed by atoms with Crippen LogP contribution in [0.1, 0.15) is 45.2 Å². The van der Waals surface area contributed by atoms with Gasteiger partial charge in [-0.2, -0.15) is 0 Å². The molecular formula is C17H29NO2. The molecule has 0 aromatic heterocycles. The number of ether oxygens (including phenoxy) is 1. The zero-order chi connectivity index (χ0) is 15.2. The molecule has 0 aliphatic carbocycles. The number of nitrogens with one attached hydrogen (secondary N) is 1. The van der Waals surface area contributed by atoms with Crippen molar-refractivity contribution in [3.8, 4) is 5.75 Å². The summed E-state index contributed by atoms with van der Waals surface area (Å²) in [5.41, 5.74) is 2.65. The molecule has 1 aromatic carbocycles. The first-order valence-electron chi connectivity index (χ1n) is 7.46. The van der Waals surface area contributed by atoms with Crippen LogP contribution in [0.3, 0.4) is 0 Å². The van der Waals surface area contributed by atoms with Gasteiger partial charge in [0, 0.05) is 6.04 Å². The van der Waals surface area contributed by atoms with Gasteiger partial charge in [0.15, 0.2) is 0 Å². The van der Waals surface area contributed by atoms with E-state index in [0.717, 1.165) is 18.7 Å². The number of likely N-dealkylation sites (N-methyl/N-ethyl adjacent to an activating group) is 1. The summed E-state index contributed by atoms with van der Waals surface area (Å²) in [6, 6.07) is 6.50. The molecule has 0 spiro atoms. The predicted octanol–water partition coefficient (Wildman–Crippen LogP) is 3.03. The zero-order valence-electron chi connectivity index (χ0n) is 13.5. The van der Waals surface area contributed by atoms with Crippen molar-refractivity contribution in [1.82, 2.24) is 5.32 Å². The van der Waals surface area contributed by atoms with E-state index >= 15 is 0 Å². The van der Waals surface area contributed by atoms with E-state index in [2.05, 4.69) is 51.2 Å². The molecule has 0 amide bonds. The first-order valence-corrected chi connectivity index (χ1v) is 7.46. The molecule has 3 heteroatoms. The fourth-order valence-electron chi connectivity index (χ4n) is 2.14. The monoisotopic (exact) mass is 279 g/mol. The lowest BCUT2D eigenvalue weighted by Gasteiger charge is -2.21. The molecule has 0 heterocycles. The normalized spacial score (nSPS) is 13.3. The van der Waals surface area contributed by atoms with Gasteiger partial charge in [-0.25, -0.2) is 0 Å². The summed E-state index contributed by atoms with van der Waals surface area (Å²) in [6.45, 7) is 12.4. The van der Waals surface area contributed by atoms with Crippen LogP contribution in [0.4, 0.5) is 0 Å². The minimum atomic E-state index is 0.120. The Bertz CT molecular complexity index is 410. The average molecular weight is 279 g/mol. The number of aryl methyl sites for hydroxylation is 1. The van der Waals surface area contributed by atoms with E-state index in [-0.39, 0.29) is 18.1 Å². The Labute approximate surface area is 123 Å². The van der Waals surface area contributed by atoms with Crippen molar-refractivity contribution in [1.29, 1.82) is 0 Å². The summed E-state index contributed by atoms with van der Waals surface area (Å²) < 4.78 is 5.83. The third-order valence-corrected chi connectivity index (χ3v) is 3.48. The van der Waals surface area contributed by atoms with Crippen molar-refractivity contribution in [2.24, 2.45) is 0 Å². The Morgan fingerprint density at radius 2 is 2.00 bits per heavy atom. The molecule has 0 saturated heterocycles. The quantitative estimate of drug-likeness (QED) is 0.806. The van der Waals surface area contributed by atoms with Crippen LogP contribution in [0.25, 0.3) is 0 Å². The third kappa shape index (κ3) is 5.14. The Hall–Kier alpha value is -1.06. The van der Waals surface area contributed by atoms with E-state index in [1.54, 1.807) is 0 Å². The van der Waals surface area contributed by atoms with Crippen molar-refractivity contribution in [3.05, 3.63) is 29.3 Å². The van der Waals surface area contributed by atoms with Crippen LogP contribution >= 0.6 is 0 Å². The first-order chi connectivity index (χ1) is 9.38. The van der Waals surface area contributed by atoms with E-state index in [1.807, 2.05) is 6.92 Å². The molecule has 2 N–H and O–H groups in total.